The summed E-state index contributed by atoms with van der Waals surface area (Å²) in [5.41, 5.74) is -0.884. The number of nitrogens with zero attached hydrogens (tertiary/aromatic N) is 4. The molecular weight excluding hydrogens is 222 g/mol. The van der Waals surface area contributed by atoms with E-state index in [4.69, 9.17) is 0 Å². The first-order valence-corrected chi connectivity index (χ1v) is 5.59. The van der Waals surface area contributed by atoms with Gasteiger partial charge < -0.3 is 10.4 Å². The second kappa shape index (κ2) is 5.72. The Kier molecular flexibility index (Phi) is 4.56. The van der Waals surface area contributed by atoms with E-state index in [-0.39, 0.29) is 19.0 Å². The first-order valence-electron chi connectivity index (χ1n) is 5.59. The first kappa shape index (κ1) is 13.6. The molecule has 0 bridgehead atoms. The Balaban J connectivity index is 2.32. The summed E-state index contributed by atoms with van der Waals surface area (Å²) in [5, 5.41) is 23.1. The maximum atomic E-state index is 11.5. The quantitative estimate of drug-likeness (QED) is 0.706. The van der Waals surface area contributed by atoms with Gasteiger partial charge in [-0.1, -0.05) is 13.8 Å². The lowest BCUT2D eigenvalue weighted by Gasteiger charge is -2.25. The largest absolute Gasteiger partial charge is 0.388 e. The molecule has 2 N–H and O–H groups in total. The van der Waals surface area contributed by atoms with Crippen molar-refractivity contribution in [1.29, 1.82) is 0 Å². The van der Waals surface area contributed by atoms with Crippen molar-refractivity contribution in [2.45, 2.75) is 39.3 Å². The van der Waals surface area contributed by atoms with Crippen molar-refractivity contribution in [3.8, 4) is 0 Å². The number of rotatable bonds is 6. The Morgan fingerprint density at radius 2 is 2.29 bits per heavy atom. The zero-order chi connectivity index (χ0) is 12.9. The standard InChI is InChI=1S/C10H19N5O2/c1-8(2)4-10(3,17)6-11-9(16)5-15-7-12-13-14-15/h7-8,17H,4-6H2,1-3H3,(H,11,16). The van der Waals surface area contributed by atoms with E-state index in [1.807, 2.05) is 13.8 Å². The number of carbonyl (C=O) groups is 1. The Morgan fingerprint density at radius 1 is 1.59 bits per heavy atom. The predicted molar refractivity (Wildman–Crippen MR) is 60.9 cm³/mol. The number of nitrogens with one attached hydrogen (secondary N) is 1. The number of tetrazole rings is 1. The number of amides is 1. The van der Waals surface area contributed by atoms with Crippen LogP contribution >= 0.6 is 0 Å². The molecule has 0 aliphatic heterocycles. The van der Waals surface area contributed by atoms with Gasteiger partial charge >= 0.3 is 0 Å². The first-order chi connectivity index (χ1) is 7.89. The Morgan fingerprint density at radius 3 is 2.82 bits per heavy atom. The molecule has 0 aromatic carbocycles. The monoisotopic (exact) mass is 241 g/mol. The lowest BCUT2D eigenvalue weighted by atomic mass is 9.94. The predicted octanol–water partition coefficient (Wildman–Crippen LogP) is -0.414. The zero-order valence-electron chi connectivity index (χ0n) is 10.4. The van der Waals surface area contributed by atoms with E-state index in [9.17, 15) is 9.90 Å². The topological polar surface area (TPSA) is 92.9 Å². The van der Waals surface area contributed by atoms with Crippen molar-refractivity contribution in [2.75, 3.05) is 6.54 Å². The lowest BCUT2D eigenvalue weighted by molar-refractivity contribution is -0.123. The summed E-state index contributed by atoms with van der Waals surface area (Å²) in [7, 11) is 0. The molecule has 7 nitrogen and oxygen atoms in total. The molecule has 1 heterocycles. The summed E-state index contributed by atoms with van der Waals surface area (Å²) in [6.45, 7) is 6.05. The van der Waals surface area contributed by atoms with Crippen molar-refractivity contribution in [1.82, 2.24) is 25.5 Å². The third-order valence-electron chi connectivity index (χ3n) is 2.21. The molecule has 17 heavy (non-hydrogen) atoms. The molecule has 0 fully saturated rings. The molecule has 1 rings (SSSR count). The van der Waals surface area contributed by atoms with E-state index < -0.39 is 5.60 Å². The minimum absolute atomic E-state index is 0.0603. The molecule has 0 aliphatic carbocycles. The molecule has 0 radical (unpaired) electrons. The summed E-state index contributed by atoms with van der Waals surface area (Å²) in [5.74, 6) is 0.155. The van der Waals surface area contributed by atoms with Crippen LogP contribution < -0.4 is 5.32 Å². The second-order valence-electron chi connectivity index (χ2n) is 4.88. The van der Waals surface area contributed by atoms with Gasteiger partial charge in [-0.3, -0.25) is 4.79 Å². The Bertz CT molecular complexity index is 348. The molecule has 1 aromatic rings. The van der Waals surface area contributed by atoms with Gasteiger partial charge in [0.15, 0.2) is 0 Å². The van der Waals surface area contributed by atoms with Crippen molar-refractivity contribution in [3.05, 3.63) is 6.33 Å². The van der Waals surface area contributed by atoms with E-state index >= 15 is 0 Å². The van der Waals surface area contributed by atoms with Crippen molar-refractivity contribution >= 4 is 5.91 Å². The Hall–Kier alpha value is -1.50. The summed E-state index contributed by atoms with van der Waals surface area (Å²) >= 11 is 0. The van der Waals surface area contributed by atoms with Gasteiger partial charge in [-0.05, 0) is 29.7 Å². The molecule has 0 saturated carbocycles. The zero-order valence-corrected chi connectivity index (χ0v) is 10.4. The molecule has 1 atom stereocenters. The summed E-state index contributed by atoms with van der Waals surface area (Å²) < 4.78 is 1.33. The summed E-state index contributed by atoms with van der Waals surface area (Å²) in [6, 6.07) is 0. The van der Waals surface area contributed by atoms with Crippen LogP contribution in [0.1, 0.15) is 27.2 Å². The van der Waals surface area contributed by atoms with Gasteiger partial charge in [-0.2, -0.15) is 0 Å². The normalized spacial score (nSPS) is 14.6. The minimum Gasteiger partial charge on any atom is -0.388 e. The lowest BCUT2D eigenvalue weighted by Crippen LogP contribution is -2.42. The molecule has 0 aliphatic rings. The van der Waals surface area contributed by atoms with E-state index in [1.165, 1.54) is 11.0 Å². The maximum absolute atomic E-state index is 11.5. The fourth-order valence-corrected chi connectivity index (χ4v) is 1.70. The van der Waals surface area contributed by atoms with E-state index in [2.05, 4.69) is 20.8 Å². The number of carbonyl (C=O) groups excluding carboxylic acids is 1. The van der Waals surface area contributed by atoms with Crippen LogP contribution in [0.25, 0.3) is 0 Å². The smallest absolute Gasteiger partial charge is 0.241 e. The second-order valence-corrected chi connectivity index (χ2v) is 4.88. The number of aromatic nitrogens is 4. The van der Waals surface area contributed by atoms with Crippen LogP contribution in [0, 0.1) is 5.92 Å². The SMILES string of the molecule is CC(C)CC(C)(O)CNC(=O)Cn1cnnn1. The highest BCUT2D eigenvalue weighted by Crippen LogP contribution is 2.14. The highest BCUT2D eigenvalue weighted by atomic mass is 16.3. The molecule has 1 aromatic heterocycles. The van der Waals surface area contributed by atoms with Crippen LogP contribution in [0.2, 0.25) is 0 Å². The van der Waals surface area contributed by atoms with Gasteiger partial charge in [-0.25, -0.2) is 4.68 Å². The maximum Gasteiger partial charge on any atom is 0.241 e. The van der Waals surface area contributed by atoms with E-state index in [0.29, 0.717) is 12.3 Å². The number of aliphatic hydroxyl groups is 1. The van der Waals surface area contributed by atoms with Gasteiger partial charge in [-0.15, -0.1) is 5.10 Å². The number of hydrogen-bond donors (Lipinski definition) is 2. The van der Waals surface area contributed by atoms with Gasteiger partial charge in [0.25, 0.3) is 0 Å². The molecule has 0 spiro atoms. The van der Waals surface area contributed by atoms with Gasteiger partial charge in [0.2, 0.25) is 5.91 Å². The highest BCUT2D eigenvalue weighted by molar-refractivity contribution is 5.75. The van der Waals surface area contributed by atoms with Crippen LogP contribution in [0.5, 0.6) is 0 Å². The number of hydrogen-bond acceptors (Lipinski definition) is 5. The molecular formula is C10H19N5O2. The third-order valence-corrected chi connectivity index (χ3v) is 2.21. The van der Waals surface area contributed by atoms with Gasteiger partial charge in [0, 0.05) is 6.54 Å². The summed E-state index contributed by atoms with van der Waals surface area (Å²) in [6.07, 6.45) is 2.00. The molecule has 96 valence electrons. The summed E-state index contributed by atoms with van der Waals surface area (Å²) in [4.78, 5) is 11.5. The van der Waals surface area contributed by atoms with Crippen LogP contribution in [0.3, 0.4) is 0 Å². The van der Waals surface area contributed by atoms with E-state index in [1.54, 1.807) is 6.92 Å². The van der Waals surface area contributed by atoms with Crippen molar-refractivity contribution in [2.24, 2.45) is 5.92 Å². The Labute approximate surface area is 100 Å². The molecule has 1 amide bonds. The minimum atomic E-state index is -0.884. The molecule has 0 saturated heterocycles. The van der Waals surface area contributed by atoms with Crippen LogP contribution in [0.15, 0.2) is 6.33 Å². The van der Waals surface area contributed by atoms with Crippen molar-refractivity contribution < 1.29 is 9.90 Å². The van der Waals surface area contributed by atoms with Gasteiger partial charge in [0.05, 0.1) is 5.60 Å². The van der Waals surface area contributed by atoms with Gasteiger partial charge in [0.1, 0.15) is 12.9 Å². The average molecular weight is 241 g/mol. The molecule has 7 heteroatoms. The van der Waals surface area contributed by atoms with Crippen LogP contribution in [-0.2, 0) is 11.3 Å². The van der Waals surface area contributed by atoms with Crippen molar-refractivity contribution in [3.63, 3.8) is 0 Å². The average Bonchev–Trinajstić information content (AvgIpc) is 2.65. The van der Waals surface area contributed by atoms with Crippen LogP contribution in [-0.4, -0.2) is 43.4 Å². The highest BCUT2D eigenvalue weighted by Gasteiger charge is 2.22. The van der Waals surface area contributed by atoms with Crippen LogP contribution in [0.4, 0.5) is 0 Å². The fourth-order valence-electron chi connectivity index (χ4n) is 1.70. The fraction of sp³-hybridized carbons (Fsp3) is 0.800. The van der Waals surface area contributed by atoms with E-state index in [0.717, 1.165) is 0 Å². The third kappa shape index (κ3) is 5.39. The molecule has 1 unspecified atom stereocenters.